The number of aryl methyl sites for hydroxylation is 1. The van der Waals surface area contributed by atoms with E-state index in [1.807, 2.05) is 25.1 Å². The number of guanidine groups is 1. The lowest BCUT2D eigenvalue weighted by Crippen LogP contribution is -2.37. The number of aliphatic imine (C=N–C) groups is 1. The third kappa shape index (κ3) is 6.74. The van der Waals surface area contributed by atoms with Crippen molar-refractivity contribution in [1.82, 2.24) is 15.6 Å². The number of ether oxygens (including phenoxy) is 2. The molecule has 0 aliphatic heterocycles. The normalized spacial score (nSPS) is 11.6. The zero-order valence-corrected chi connectivity index (χ0v) is 16.6. The molecule has 2 rings (SSSR count). The maximum absolute atomic E-state index is 5.45. The highest BCUT2D eigenvalue weighted by atomic mass is 32.1. The van der Waals surface area contributed by atoms with Crippen molar-refractivity contribution in [2.75, 3.05) is 40.5 Å². The van der Waals surface area contributed by atoms with Crippen molar-refractivity contribution in [1.29, 1.82) is 0 Å². The number of aromatic nitrogens is 1. The zero-order chi connectivity index (χ0) is 18.6. The van der Waals surface area contributed by atoms with Gasteiger partial charge < -0.3 is 20.1 Å². The molecular weight excluding hydrogens is 348 g/mol. The zero-order valence-electron chi connectivity index (χ0n) is 15.7. The molecule has 0 atom stereocenters. The van der Waals surface area contributed by atoms with Crippen LogP contribution in [-0.2, 0) is 16.0 Å². The molecule has 7 heteroatoms. The van der Waals surface area contributed by atoms with Crippen LogP contribution < -0.4 is 10.6 Å². The fraction of sp³-hybridized carbons (Fsp3) is 0.474. The monoisotopic (exact) mass is 376 g/mol. The minimum atomic E-state index is 0.635. The molecule has 0 fully saturated rings. The van der Waals surface area contributed by atoms with Crippen molar-refractivity contribution >= 4 is 17.3 Å². The smallest absolute Gasteiger partial charge is 0.191 e. The van der Waals surface area contributed by atoms with E-state index >= 15 is 0 Å². The second-order valence-electron chi connectivity index (χ2n) is 5.70. The Morgan fingerprint density at radius 1 is 1.15 bits per heavy atom. The minimum absolute atomic E-state index is 0.635. The van der Waals surface area contributed by atoms with E-state index in [1.54, 1.807) is 25.5 Å². The number of hydrogen-bond acceptors (Lipinski definition) is 5. The van der Waals surface area contributed by atoms with Gasteiger partial charge in [0.2, 0.25) is 0 Å². The molecular formula is C19H28N4O2S. The van der Waals surface area contributed by atoms with E-state index in [-0.39, 0.29) is 0 Å². The Bertz CT molecular complexity index is 673. The number of hydrogen-bond donors (Lipinski definition) is 2. The molecule has 0 radical (unpaired) electrons. The van der Waals surface area contributed by atoms with Gasteiger partial charge in [0.05, 0.1) is 25.5 Å². The van der Waals surface area contributed by atoms with Crippen LogP contribution in [0, 0.1) is 6.92 Å². The number of rotatable bonds is 10. The summed E-state index contributed by atoms with van der Waals surface area (Å²) in [7, 11) is 3.45. The van der Waals surface area contributed by atoms with E-state index in [0.29, 0.717) is 26.4 Å². The molecule has 0 saturated carbocycles. The van der Waals surface area contributed by atoms with Crippen molar-refractivity contribution in [3.05, 3.63) is 40.9 Å². The van der Waals surface area contributed by atoms with E-state index < -0.39 is 0 Å². The third-order valence-corrected chi connectivity index (χ3v) is 4.95. The van der Waals surface area contributed by atoms with Crippen molar-refractivity contribution in [3.8, 4) is 10.6 Å². The first-order valence-corrected chi connectivity index (χ1v) is 9.59. The summed E-state index contributed by atoms with van der Waals surface area (Å²) in [5.41, 5.74) is 2.21. The Morgan fingerprint density at radius 3 is 2.69 bits per heavy atom. The average Bonchev–Trinajstić information content (AvgIpc) is 3.05. The van der Waals surface area contributed by atoms with Gasteiger partial charge in [0.15, 0.2) is 5.96 Å². The van der Waals surface area contributed by atoms with Gasteiger partial charge in [-0.15, -0.1) is 11.3 Å². The van der Waals surface area contributed by atoms with Gasteiger partial charge >= 0.3 is 0 Å². The molecule has 0 unspecified atom stereocenters. The maximum atomic E-state index is 5.45. The molecule has 0 aliphatic carbocycles. The summed E-state index contributed by atoms with van der Waals surface area (Å²) < 4.78 is 10.4. The number of nitrogens with zero attached hydrogens (tertiary/aromatic N) is 2. The Kier molecular flexibility index (Phi) is 9.09. The molecule has 0 bridgehead atoms. The lowest BCUT2D eigenvalue weighted by molar-refractivity contribution is 0.0698. The van der Waals surface area contributed by atoms with Crippen LogP contribution in [0.1, 0.15) is 17.0 Å². The number of benzene rings is 1. The second-order valence-corrected chi connectivity index (χ2v) is 6.79. The van der Waals surface area contributed by atoms with E-state index in [1.165, 1.54) is 4.88 Å². The van der Waals surface area contributed by atoms with E-state index in [2.05, 4.69) is 32.7 Å². The summed E-state index contributed by atoms with van der Waals surface area (Å²) in [6, 6.07) is 10.3. The van der Waals surface area contributed by atoms with Gasteiger partial charge in [0.25, 0.3) is 0 Å². The van der Waals surface area contributed by atoms with E-state index in [4.69, 9.17) is 9.47 Å². The molecule has 142 valence electrons. The molecule has 0 saturated heterocycles. The first-order valence-electron chi connectivity index (χ1n) is 8.77. The van der Waals surface area contributed by atoms with Crippen molar-refractivity contribution < 1.29 is 9.47 Å². The predicted molar refractivity (Wildman–Crippen MR) is 108 cm³/mol. The summed E-state index contributed by atoms with van der Waals surface area (Å²) in [6.07, 6.45) is 0.919. The highest BCUT2D eigenvalue weighted by molar-refractivity contribution is 7.15. The van der Waals surface area contributed by atoms with Crippen LogP contribution in [0.15, 0.2) is 35.3 Å². The molecule has 6 nitrogen and oxygen atoms in total. The molecule has 1 aromatic heterocycles. The van der Waals surface area contributed by atoms with Gasteiger partial charge in [0, 0.05) is 37.7 Å². The van der Waals surface area contributed by atoms with Gasteiger partial charge in [-0.1, -0.05) is 30.3 Å². The van der Waals surface area contributed by atoms with Crippen LogP contribution in [0.3, 0.4) is 0 Å². The van der Waals surface area contributed by atoms with Gasteiger partial charge in [0.1, 0.15) is 5.01 Å². The lowest BCUT2D eigenvalue weighted by Gasteiger charge is -2.11. The highest BCUT2D eigenvalue weighted by Gasteiger charge is 2.09. The van der Waals surface area contributed by atoms with E-state index in [9.17, 15) is 0 Å². The summed E-state index contributed by atoms with van der Waals surface area (Å²) in [4.78, 5) is 10.2. The van der Waals surface area contributed by atoms with Crippen molar-refractivity contribution in [2.24, 2.45) is 4.99 Å². The van der Waals surface area contributed by atoms with Crippen molar-refractivity contribution in [3.63, 3.8) is 0 Å². The summed E-state index contributed by atoms with van der Waals surface area (Å²) >= 11 is 1.72. The van der Waals surface area contributed by atoms with Gasteiger partial charge in [-0.2, -0.15) is 0 Å². The molecule has 26 heavy (non-hydrogen) atoms. The van der Waals surface area contributed by atoms with Gasteiger partial charge in [-0.05, 0) is 13.3 Å². The third-order valence-electron chi connectivity index (χ3n) is 3.74. The SMILES string of the molecule is CN=C(NCCCOCCOC)NCc1sc(-c2ccccc2)nc1C. The Balaban J connectivity index is 1.75. The van der Waals surface area contributed by atoms with Crippen LogP contribution in [0.4, 0.5) is 0 Å². The maximum Gasteiger partial charge on any atom is 0.191 e. The van der Waals surface area contributed by atoms with Crippen LogP contribution >= 0.6 is 11.3 Å². The first-order chi connectivity index (χ1) is 12.7. The van der Waals surface area contributed by atoms with Crippen LogP contribution in [0.5, 0.6) is 0 Å². The highest BCUT2D eigenvalue weighted by Crippen LogP contribution is 2.27. The van der Waals surface area contributed by atoms with Gasteiger partial charge in [-0.3, -0.25) is 4.99 Å². The number of thiazole rings is 1. The molecule has 1 heterocycles. The standard InChI is InChI=1S/C19H28N4O2S/c1-15-17(26-18(23-15)16-8-5-4-6-9-16)14-22-19(20-2)21-10-7-11-25-13-12-24-3/h4-6,8-9H,7,10-14H2,1-3H3,(H2,20,21,22). The van der Waals surface area contributed by atoms with E-state index in [0.717, 1.165) is 35.2 Å². The quantitative estimate of drug-likeness (QED) is 0.379. The number of nitrogens with one attached hydrogen (secondary N) is 2. The molecule has 0 aliphatic rings. The topological polar surface area (TPSA) is 67.8 Å². The minimum Gasteiger partial charge on any atom is -0.382 e. The summed E-state index contributed by atoms with van der Waals surface area (Å²) in [5.74, 6) is 0.788. The largest absolute Gasteiger partial charge is 0.382 e. The molecule has 0 amide bonds. The number of methoxy groups -OCH3 is 1. The average molecular weight is 377 g/mol. The lowest BCUT2D eigenvalue weighted by atomic mass is 10.2. The Morgan fingerprint density at radius 2 is 1.96 bits per heavy atom. The predicted octanol–water partition coefficient (Wildman–Crippen LogP) is 2.84. The Labute approximate surface area is 159 Å². The fourth-order valence-electron chi connectivity index (χ4n) is 2.31. The second kappa shape index (κ2) is 11.6. The van der Waals surface area contributed by atoms with Crippen LogP contribution in [0.25, 0.3) is 10.6 Å². The van der Waals surface area contributed by atoms with Gasteiger partial charge in [-0.25, -0.2) is 4.98 Å². The summed E-state index contributed by atoms with van der Waals surface area (Å²) in [5, 5.41) is 7.70. The molecule has 2 aromatic rings. The first kappa shape index (κ1) is 20.4. The molecule has 1 aromatic carbocycles. The molecule has 0 spiro atoms. The Hall–Kier alpha value is -1.96. The fourth-order valence-corrected chi connectivity index (χ4v) is 3.31. The van der Waals surface area contributed by atoms with Crippen molar-refractivity contribution in [2.45, 2.75) is 19.9 Å². The molecule has 2 N–H and O–H groups in total. The van der Waals surface area contributed by atoms with Crippen LogP contribution in [0.2, 0.25) is 0 Å². The van der Waals surface area contributed by atoms with Crippen LogP contribution in [-0.4, -0.2) is 51.5 Å². The summed E-state index contributed by atoms with van der Waals surface area (Å²) in [6.45, 7) is 5.55.